The van der Waals surface area contributed by atoms with Gasteiger partial charge in [0.1, 0.15) is 0 Å². The lowest BCUT2D eigenvalue weighted by Crippen LogP contribution is -2.28. The summed E-state index contributed by atoms with van der Waals surface area (Å²) in [6.07, 6.45) is 0. The normalized spacial score (nSPS) is 15.4. The third-order valence-corrected chi connectivity index (χ3v) is 28.8. The predicted molar refractivity (Wildman–Crippen MR) is 399 cm³/mol. The van der Waals surface area contributed by atoms with Crippen molar-refractivity contribution < 1.29 is 9.13 Å². The van der Waals surface area contributed by atoms with Crippen LogP contribution in [0.4, 0.5) is 0 Å². The summed E-state index contributed by atoms with van der Waals surface area (Å²) >= 11 is 0. The molecule has 0 fully saturated rings. The van der Waals surface area contributed by atoms with Crippen molar-refractivity contribution in [2.45, 2.75) is 77.0 Å². The van der Waals surface area contributed by atoms with E-state index >= 15 is 9.13 Å². The van der Waals surface area contributed by atoms with Gasteiger partial charge >= 0.3 is 0 Å². The van der Waals surface area contributed by atoms with Gasteiger partial charge in [-0.05, 0) is 180 Å². The fourth-order valence-corrected chi connectivity index (χ4v) is 22.8. The Morgan fingerprint density at radius 3 is 0.702 bits per heavy atom. The first-order valence-corrected chi connectivity index (χ1v) is 36.6. The molecule has 18 rings (SSSR count). The monoisotopic (exact) mass is 1240 g/mol. The molecule has 14 aromatic carbocycles. The molecule has 94 heavy (non-hydrogen) atoms. The Morgan fingerprint density at radius 2 is 0.415 bits per heavy atom. The van der Waals surface area contributed by atoms with E-state index in [9.17, 15) is 0 Å². The molecule has 0 aliphatic heterocycles. The number of benzene rings is 14. The van der Waals surface area contributed by atoms with Gasteiger partial charge in [0.2, 0.25) is 0 Å². The number of hydrogen-bond donors (Lipinski definition) is 0. The minimum Gasteiger partial charge on any atom is -0.309 e. The van der Waals surface area contributed by atoms with Crippen LogP contribution in [0, 0.1) is 0 Å². The average molecular weight is 1250 g/mol. The maximum absolute atomic E-state index is 16.9. The van der Waals surface area contributed by atoms with Crippen LogP contribution >= 0.6 is 14.3 Å². The van der Waals surface area contributed by atoms with Gasteiger partial charge in [-0.3, -0.25) is 0 Å². The number of hydrogen-bond acceptors (Lipinski definition) is 2. The van der Waals surface area contributed by atoms with E-state index in [-0.39, 0.29) is 21.7 Å². The molecular weight excluding hydrogens is 1170 g/mol. The molecule has 0 atom stereocenters. The van der Waals surface area contributed by atoms with Gasteiger partial charge in [-0.25, -0.2) is 0 Å². The minimum absolute atomic E-state index is 0.249. The Balaban J connectivity index is 0.713. The molecule has 0 heterocycles. The topological polar surface area (TPSA) is 34.1 Å². The van der Waals surface area contributed by atoms with E-state index in [0.29, 0.717) is 0 Å². The van der Waals surface area contributed by atoms with Crippen LogP contribution in [-0.2, 0) is 30.8 Å². The summed E-state index contributed by atoms with van der Waals surface area (Å²) < 4.78 is 33.8. The van der Waals surface area contributed by atoms with Crippen LogP contribution in [0.3, 0.4) is 0 Å². The number of fused-ring (bicyclic) bond motifs is 18. The zero-order chi connectivity index (χ0) is 64.0. The van der Waals surface area contributed by atoms with Crippen molar-refractivity contribution in [3.05, 3.63) is 324 Å². The summed E-state index contributed by atoms with van der Waals surface area (Å²) in [4.78, 5) is 0. The molecule has 0 N–H and O–H groups in total. The van der Waals surface area contributed by atoms with Gasteiger partial charge in [0.25, 0.3) is 0 Å². The van der Waals surface area contributed by atoms with Crippen molar-refractivity contribution in [1.29, 1.82) is 0 Å². The predicted octanol–water partition coefficient (Wildman–Crippen LogP) is 21.0. The molecule has 0 radical (unpaired) electrons. The fraction of sp³-hybridized carbons (Fsp3) is 0.133. The third-order valence-electron chi connectivity index (χ3n) is 22.7. The highest BCUT2D eigenvalue weighted by Crippen LogP contribution is 2.57. The van der Waals surface area contributed by atoms with Gasteiger partial charge in [-0.1, -0.05) is 298 Å². The Labute approximate surface area is 551 Å². The Hall–Kier alpha value is -9.68. The Bertz CT molecular complexity index is 5140. The zero-order valence-electron chi connectivity index (χ0n) is 54.3. The van der Waals surface area contributed by atoms with Crippen LogP contribution in [0.25, 0.3) is 99.1 Å². The second kappa shape index (κ2) is 19.9. The van der Waals surface area contributed by atoms with E-state index in [0.717, 1.165) is 54.1 Å². The first-order chi connectivity index (χ1) is 45.4. The average Bonchev–Trinajstić information content (AvgIpc) is 1.50. The van der Waals surface area contributed by atoms with E-state index in [4.69, 9.17) is 0 Å². The molecule has 0 spiro atoms. The standard InChI is InChI=1S/C90H70O2P2/c1-87(2)79-25-15-11-21-69(79)73-45-39-61(51-83(73)87)93(91,62-40-46-74-70-22-12-16-26-80(70)88(3,4)84(74)52-62)59-35-29-55(30-36-59)57-33-43-67-68-44-34-58(50-78(68)66-20-10-9-19-65(66)77(67)49-57)56-31-37-60(38-32-56)94(92,63-41-47-75-71-23-13-17-27-81(71)89(5,6)85(75)53-63)64-42-48-76-72-24-14-18-28-82(72)90(7,8)86(76)54-64/h9-54H,1-8H3. The summed E-state index contributed by atoms with van der Waals surface area (Å²) in [7, 11) is -6.92. The summed E-state index contributed by atoms with van der Waals surface area (Å²) in [6, 6.07) is 101. The first kappa shape index (κ1) is 57.0. The quantitative estimate of drug-likeness (QED) is 0.112. The van der Waals surface area contributed by atoms with Crippen LogP contribution in [0.5, 0.6) is 0 Å². The maximum Gasteiger partial charge on any atom is 0.171 e. The molecule has 0 aromatic heterocycles. The van der Waals surface area contributed by atoms with Crippen LogP contribution in [0.1, 0.15) is 99.9 Å². The molecule has 14 aromatic rings. The smallest absolute Gasteiger partial charge is 0.171 e. The Kier molecular flexibility index (Phi) is 12.1. The first-order valence-electron chi connectivity index (χ1n) is 33.2. The van der Waals surface area contributed by atoms with Gasteiger partial charge < -0.3 is 9.13 Å². The van der Waals surface area contributed by atoms with E-state index in [1.165, 1.54) is 121 Å². The van der Waals surface area contributed by atoms with Crippen LogP contribution in [0.15, 0.2) is 279 Å². The molecule has 4 heteroatoms. The minimum atomic E-state index is -3.46. The molecule has 0 saturated carbocycles. The van der Waals surface area contributed by atoms with Crippen molar-refractivity contribution in [3.63, 3.8) is 0 Å². The van der Waals surface area contributed by atoms with Crippen molar-refractivity contribution in [2.75, 3.05) is 0 Å². The van der Waals surface area contributed by atoms with E-state index in [2.05, 4.69) is 334 Å². The van der Waals surface area contributed by atoms with Crippen LogP contribution in [-0.4, -0.2) is 0 Å². The largest absolute Gasteiger partial charge is 0.309 e. The lowest BCUT2D eigenvalue weighted by atomic mass is 9.82. The van der Waals surface area contributed by atoms with E-state index in [1.807, 2.05) is 0 Å². The lowest BCUT2D eigenvalue weighted by molar-refractivity contribution is 0.591. The molecule has 4 aliphatic rings. The van der Waals surface area contributed by atoms with Crippen LogP contribution in [0.2, 0.25) is 0 Å². The van der Waals surface area contributed by atoms with Gasteiger partial charge in [0.15, 0.2) is 14.3 Å². The third kappa shape index (κ3) is 7.85. The molecule has 0 bridgehead atoms. The summed E-state index contributed by atoms with van der Waals surface area (Å²) in [5, 5.41) is 12.2. The van der Waals surface area contributed by atoms with Gasteiger partial charge in [0, 0.05) is 53.5 Å². The van der Waals surface area contributed by atoms with Crippen molar-refractivity contribution in [2.24, 2.45) is 0 Å². The summed E-state index contributed by atoms with van der Waals surface area (Å²) in [5.74, 6) is 0. The molecule has 452 valence electrons. The van der Waals surface area contributed by atoms with E-state index in [1.54, 1.807) is 0 Å². The highest BCUT2D eigenvalue weighted by Gasteiger charge is 2.43. The van der Waals surface area contributed by atoms with Gasteiger partial charge in [0.05, 0.1) is 0 Å². The lowest BCUT2D eigenvalue weighted by Gasteiger charge is -2.26. The second-order valence-electron chi connectivity index (χ2n) is 29.0. The molecular formula is C90H70O2P2. The van der Waals surface area contributed by atoms with Crippen LogP contribution < -0.4 is 31.8 Å². The SMILES string of the molecule is CC1(C)c2ccccc2-c2ccc(P(=O)(c3ccc(-c4ccc5c6ccc(-c7ccc(P(=O)(c8ccc9c(c8)C(C)(C)c8ccccc8-9)c8ccc9c(c8)C(C)(C)c8ccccc8-9)cc7)cc6c6ccccc6c5c4)cc3)c3ccc4c(c3)C(C)(C)c3ccccc3-4)cc21. The van der Waals surface area contributed by atoms with Crippen molar-refractivity contribution >= 4 is 78.4 Å². The van der Waals surface area contributed by atoms with Gasteiger partial charge in [-0.15, -0.1) is 0 Å². The Morgan fingerprint density at radius 1 is 0.191 bits per heavy atom. The summed E-state index contributed by atoms with van der Waals surface area (Å²) in [6.45, 7) is 18.4. The molecule has 0 saturated heterocycles. The summed E-state index contributed by atoms with van der Waals surface area (Å²) in [5.41, 5.74) is 23.3. The highest BCUT2D eigenvalue weighted by atomic mass is 31.2. The number of rotatable bonds is 8. The maximum atomic E-state index is 16.9. The van der Waals surface area contributed by atoms with E-state index < -0.39 is 14.3 Å². The highest BCUT2D eigenvalue weighted by molar-refractivity contribution is 7.85. The molecule has 0 amide bonds. The molecule has 0 unspecified atom stereocenters. The van der Waals surface area contributed by atoms with Crippen molar-refractivity contribution in [1.82, 2.24) is 0 Å². The fourth-order valence-electron chi connectivity index (χ4n) is 17.5. The molecule has 2 nitrogen and oxygen atoms in total. The van der Waals surface area contributed by atoms with Gasteiger partial charge in [-0.2, -0.15) is 0 Å². The zero-order valence-corrected chi connectivity index (χ0v) is 56.1. The second-order valence-corrected chi connectivity index (χ2v) is 34.5. The molecule has 4 aliphatic carbocycles. The van der Waals surface area contributed by atoms with Crippen molar-refractivity contribution in [3.8, 4) is 66.8 Å².